The molecule has 1 heterocycles. The van der Waals surface area contributed by atoms with Crippen LogP contribution in [0.15, 0.2) is 48.0 Å². The highest BCUT2D eigenvalue weighted by Gasteiger charge is 2.16. The fourth-order valence-electron chi connectivity index (χ4n) is 2.39. The van der Waals surface area contributed by atoms with Gasteiger partial charge in [-0.25, -0.2) is 0 Å². The molecule has 0 fully saturated rings. The molecule has 0 aliphatic carbocycles. The Kier molecular flexibility index (Phi) is 4.48. The minimum absolute atomic E-state index is 0.0490. The molecule has 0 unspecified atom stereocenters. The predicted octanol–water partition coefficient (Wildman–Crippen LogP) is 2.95. The molecular formula is C19H16N2O3. The zero-order chi connectivity index (χ0) is 16.9. The number of hydrogen-bond donors (Lipinski definition) is 1. The SMILES string of the molecule is Cc1cc2c(cc1/C=C(\C#N)C(=O)NCc1ccccc1)OCO2. The lowest BCUT2D eigenvalue weighted by atomic mass is 10.0. The fraction of sp³-hybridized carbons (Fsp3) is 0.158. The summed E-state index contributed by atoms with van der Waals surface area (Å²) in [7, 11) is 0. The summed E-state index contributed by atoms with van der Waals surface area (Å²) in [5.74, 6) is 0.893. The number of rotatable bonds is 4. The lowest BCUT2D eigenvalue weighted by Crippen LogP contribution is -2.23. The van der Waals surface area contributed by atoms with Crippen LogP contribution in [0.1, 0.15) is 16.7 Å². The summed E-state index contributed by atoms with van der Waals surface area (Å²) in [6.45, 7) is 2.45. The summed E-state index contributed by atoms with van der Waals surface area (Å²) in [5, 5.41) is 12.1. The molecule has 0 aromatic heterocycles. The lowest BCUT2D eigenvalue weighted by molar-refractivity contribution is -0.117. The minimum Gasteiger partial charge on any atom is -0.454 e. The van der Waals surface area contributed by atoms with E-state index in [1.165, 1.54) is 0 Å². The van der Waals surface area contributed by atoms with Gasteiger partial charge in [0, 0.05) is 6.54 Å². The second kappa shape index (κ2) is 6.88. The summed E-state index contributed by atoms with van der Waals surface area (Å²) in [6.07, 6.45) is 1.57. The van der Waals surface area contributed by atoms with Gasteiger partial charge in [0.05, 0.1) is 0 Å². The highest BCUT2D eigenvalue weighted by atomic mass is 16.7. The van der Waals surface area contributed by atoms with E-state index >= 15 is 0 Å². The number of nitrogens with zero attached hydrogens (tertiary/aromatic N) is 1. The number of hydrogen-bond acceptors (Lipinski definition) is 4. The second-order valence-electron chi connectivity index (χ2n) is 5.40. The fourth-order valence-corrected chi connectivity index (χ4v) is 2.39. The van der Waals surface area contributed by atoms with E-state index < -0.39 is 5.91 Å². The van der Waals surface area contributed by atoms with Gasteiger partial charge >= 0.3 is 0 Å². The Hall–Kier alpha value is -3.26. The maximum atomic E-state index is 12.2. The van der Waals surface area contributed by atoms with E-state index in [0.29, 0.717) is 18.0 Å². The van der Waals surface area contributed by atoms with Crippen LogP contribution < -0.4 is 14.8 Å². The zero-order valence-electron chi connectivity index (χ0n) is 13.2. The van der Waals surface area contributed by atoms with Crippen molar-refractivity contribution < 1.29 is 14.3 Å². The van der Waals surface area contributed by atoms with Crippen molar-refractivity contribution in [2.75, 3.05) is 6.79 Å². The maximum absolute atomic E-state index is 12.2. The molecule has 0 saturated heterocycles. The molecule has 1 aliphatic rings. The molecule has 0 atom stereocenters. The molecule has 0 radical (unpaired) electrons. The third kappa shape index (κ3) is 3.39. The van der Waals surface area contributed by atoms with Gasteiger partial charge in [0.1, 0.15) is 11.6 Å². The molecule has 5 heteroatoms. The van der Waals surface area contributed by atoms with Gasteiger partial charge in [0.2, 0.25) is 6.79 Å². The van der Waals surface area contributed by atoms with Crippen LogP contribution >= 0.6 is 0 Å². The summed E-state index contributed by atoms with van der Waals surface area (Å²) in [6, 6.07) is 15.1. The first-order valence-electron chi connectivity index (χ1n) is 7.51. The Bertz CT molecular complexity index is 836. The normalized spacial score (nSPS) is 12.6. The van der Waals surface area contributed by atoms with Crippen LogP contribution in [0.25, 0.3) is 6.08 Å². The Morgan fingerprint density at radius 1 is 1.25 bits per heavy atom. The largest absolute Gasteiger partial charge is 0.454 e. The van der Waals surface area contributed by atoms with Crippen LogP contribution in [0.4, 0.5) is 0 Å². The van der Waals surface area contributed by atoms with Crippen LogP contribution in [-0.2, 0) is 11.3 Å². The van der Waals surface area contributed by atoms with E-state index in [9.17, 15) is 10.1 Å². The smallest absolute Gasteiger partial charge is 0.262 e. The highest BCUT2D eigenvalue weighted by molar-refractivity contribution is 6.01. The average molecular weight is 320 g/mol. The standard InChI is InChI=1S/C19H16N2O3/c1-13-7-17-18(24-12-23-17)9-15(13)8-16(10-20)19(22)21-11-14-5-3-2-4-6-14/h2-9H,11-12H2,1H3,(H,21,22)/b16-8+. The van der Waals surface area contributed by atoms with E-state index in [4.69, 9.17) is 9.47 Å². The summed E-state index contributed by atoms with van der Waals surface area (Å²) in [5.41, 5.74) is 2.68. The second-order valence-corrected chi connectivity index (χ2v) is 5.40. The maximum Gasteiger partial charge on any atom is 0.262 e. The Morgan fingerprint density at radius 3 is 2.67 bits per heavy atom. The first-order chi connectivity index (χ1) is 11.7. The first-order valence-corrected chi connectivity index (χ1v) is 7.51. The topological polar surface area (TPSA) is 71.4 Å². The lowest BCUT2D eigenvalue weighted by Gasteiger charge is -2.06. The molecule has 0 spiro atoms. The van der Waals surface area contributed by atoms with Crippen molar-refractivity contribution >= 4 is 12.0 Å². The highest BCUT2D eigenvalue weighted by Crippen LogP contribution is 2.35. The molecule has 0 bridgehead atoms. The van der Waals surface area contributed by atoms with Crippen molar-refractivity contribution in [1.29, 1.82) is 5.26 Å². The average Bonchev–Trinajstić information content (AvgIpc) is 3.05. The van der Waals surface area contributed by atoms with Crippen molar-refractivity contribution in [2.24, 2.45) is 0 Å². The number of carbonyl (C=O) groups excluding carboxylic acids is 1. The zero-order valence-corrected chi connectivity index (χ0v) is 13.2. The molecule has 1 N–H and O–H groups in total. The van der Waals surface area contributed by atoms with Crippen LogP contribution in [0, 0.1) is 18.3 Å². The minimum atomic E-state index is -0.404. The number of fused-ring (bicyclic) bond motifs is 1. The van der Waals surface area contributed by atoms with Crippen molar-refractivity contribution in [3.63, 3.8) is 0 Å². The molecule has 120 valence electrons. The molecule has 2 aromatic carbocycles. The monoisotopic (exact) mass is 320 g/mol. The molecule has 1 amide bonds. The van der Waals surface area contributed by atoms with Crippen LogP contribution in [0.5, 0.6) is 11.5 Å². The summed E-state index contributed by atoms with van der Waals surface area (Å²) in [4.78, 5) is 12.2. The summed E-state index contributed by atoms with van der Waals surface area (Å²) < 4.78 is 10.7. The predicted molar refractivity (Wildman–Crippen MR) is 89.2 cm³/mol. The number of nitriles is 1. The van der Waals surface area contributed by atoms with E-state index in [-0.39, 0.29) is 12.4 Å². The van der Waals surface area contributed by atoms with Gasteiger partial charge in [-0.3, -0.25) is 4.79 Å². The van der Waals surface area contributed by atoms with Crippen molar-refractivity contribution in [3.05, 3.63) is 64.7 Å². The molecule has 2 aromatic rings. The van der Waals surface area contributed by atoms with E-state index in [0.717, 1.165) is 16.7 Å². The quantitative estimate of drug-likeness (QED) is 0.694. The Labute approximate surface area is 140 Å². The van der Waals surface area contributed by atoms with Gasteiger partial charge < -0.3 is 14.8 Å². The Morgan fingerprint density at radius 2 is 1.96 bits per heavy atom. The van der Waals surface area contributed by atoms with Gasteiger partial charge in [-0.2, -0.15) is 5.26 Å². The molecule has 5 nitrogen and oxygen atoms in total. The van der Waals surface area contributed by atoms with E-state index in [1.54, 1.807) is 12.1 Å². The molecule has 24 heavy (non-hydrogen) atoms. The van der Waals surface area contributed by atoms with Crippen molar-refractivity contribution in [1.82, 2.24) is 5.32 Å². The molecule has 3 rings (SSSR count). The van der Waals surface area contributed by atoms with E-state index in [2.05, 4.69) is 5.32 Å². The number of aryl methyl sites for hydroxylation is 1. The molecular weight excluding hydrogens is 304 g/mol. The van der Waals surface area contributed by atoms with Gasteiger partial charge in [0.15, 0.2) is 11.5 Å². The van der Waals surface area contributed by atoms with Gasteiger partial charge in [-0.15, -0.1) is 0 Å². The number of amides is 1. The van der Waals surface area contributed by atoms with Crippen molar-refractivity contribution in [2.45, 2.75) is 13.5 Å². The van der Waals surface area contributed by atoms with Gasteiger partial charge in [0.25, 0.3) is 5.91 Å². The number of benzene rings is 2. The van der Waals surface area contributed by atoms with Crippen LogP contribution in [0.2, 0.25) is 0 Å². The third-order valence-electron chi connectivity index (χ3n) is 3.72. The Balaban J connectivity index is 1.77. The number of ether oxygens (including phenoxy) is 2. The van der Waals surface area contributed by atoms with E-state index in [1.807, 2.05) is 49.4 Å². The van der Waals surface area contributed by atoms with Crippen LogP contribution in [-0.4, -0.2) is 12.7 Å². The van der Waals surface area contributed by atoms with Gasteiger partial charge in [-0.05, 0) is 41.8 Å². The van der Waals surface area contributed by atoms with Crippen LogP contribution in [0.3, 0.4) is 0 Å². The number of nitrogens with one attached hydrogen (secondary N) is 1. The molecule has 0 saturated carbocycles. The summed E-state index contributed by atoms with van der Waals surface area (Å²) >= 11 is 0. The number of carbonyl (C=O) groups is 1. The van der Waals surface area contributed by atoms with Crippen molar-refractivity contribution in [3.8, 4) is 17.6 Å². The van der Waals surface area contributed by atoms with Gasteiger partial charge in [-0.1, -0.05) is 30.3 Å². The first kappa shape index (κ1) is 15.6. The molecule has 1 aliphatic heterocycles. The third-order valence-corrected chi connectivity index (χ3v) is 3.72.